The van der Waals surface area contributed by atoms with Crippen molar-refractivity contribution in [3.05, 3.63) is 24.3 Å². The molecule has 0 aliphatic rings. The molecule has 6 heteroatoms. The first-order valence-electron chi connectivity index (χ1n) is 5.96. The summed E-state index contributed by atoms with van der Waals surface area (Å²) < 4.78 is 4.87. The minimum Gasteiger partial charge on any atom is -0.385 e. The predicted molar refractivity (Wildman–Crippen MR) is 73.8 cm³/mol. The molecule has 0 spiro atoms. The van der Waals surface area contributed by atoms with E-state index >= 15 is 0 Å². The third kappa shape index (κ3) is 5.50. The smallest absolute Gasteiger partial charge is 0.241 e. The van der Waals surface area contributed by atoms with Crippen LogP contribution in [-0.2, 0) is 14.3 Å². The fourth-order valence-corrected chi connectivity index (χ4v) is 1.49. The Bertz CT molecular complexity index is 449. The fraction of sp³-hybridized carbons (Fsp3) is 0.385. The largest absolute Gasteiger partial charge is 0.385 e. The van der Waals surface area contributed by atoms with E-state index in [1.54, 1.807) is 31.4 Å². The maximum atomic E-state index is 11.8. The van der Waals surface area contributed by atoms with Crippen LogP contribution in [0.1, 0.15) is 13.3 Å². The summed E-state index contributed by atoms with van der Waals surface area (Å²) in [4.78, 5) is 22.7. The summed E-state index contributed by atoms with van der Waals surface area (Å²) in [6.45, 7) is 1.85. The number of rotatable bonds is 6. The topological polar surface area (TPSA) is 93.4 Å². The van der Waals surface area contributed by atoms with Crippen LogP contribution in [0.3, 0.4) is 0 Å². The van der Waals surface area contributed by atoms with E-state index in [4.69, 9.17) is 10.5 Å². The van der Waals surface area contributed by atoms with Gasteiger partial charge in [-0.2, -0.15) is 0 Å². The molecule has 4 N–H and O–H groups in total. The minimum atomic E-state index is -0.621. The fourth-order valence-electron chi connectivity index (χ4n) is 1.49. The molecule has 1 atom stereocenters. The van der Waals surface area contributed by atoms with E-state index in [1.807, 2.05) is 0 Å². The number of carbonyl (C=O) groups excluding carboxylic acids is 2. The zero-order chi connectivity index (χ0) is 14.3. The lowest BCUT2D eigenvalue weighted by molar-refractivity contribution is -0.117. The molecule has 0 fully saturated rings. The van der Waals surface area contributed by atoms with Gasteiger partial charge in [0.1, 0.15) is 0 Å². The number of ether oxygens (including phenoxy) is 1. The van der Waals surface area contributed by atoms with Crippen LogP contribution in [0.5, 0.6) is 0 Å². The number of methoxy groups -OCH3 is 1. The molecular weight excluding hydrogens is 246 g/mol. The lowest BCUT2D eigenvalue weighted by Gasteiger charge is -2.12. The molecule has 2 amide bonds. The van der Waals surface area contributed by atoms with Crippen LogP contribution in [-0.4, -0.2) is 31.6 Å². The van der Waals surface area contributed by atoms with E-state index in [-0.39, 0.29) is 11.8 Å². The molecule has 0 bridgehead atoms. The molecule has 1 aromatic rings. The SMILES string of the molecule is COCCC(N)C(=O)Nc1cccc(NC(C)=O)c1. The van der Waals surface area contributed by atoms with Crippen molar-refractivity contribution in [1.82, 2.24) is 0 Å². The first-order valence-corrected chi connectivity index (χ1v) is 5.96. The number of hydrogen-bond acceptors (Lipinski definition) is 4. The molecule has 0 aliphatic heterocycles. The molecule has 0 saturated carbocycles. The number of amides is 2. The van der Waals surface area contributed by atoms with Gasteiger partial charge in [-0.3, -0.25) is 9.59 Å². The number of hydrogen-bond donors (Lipinski definition) is 3. The molecule has 0 saturated heterocycles. The monoisotopic (exact) mass is 265 g/mol. The Kier molecular flexibility index (Phi) is 5.98. The summed E-state index contributed by atoms with van der Waals surface area (Å²) in [7, 11) is 1.56. The molecule has 1 unspecified atom stereocenters. The number of carbonyl (C=O) groups is 2. The Morgan fingerprint density at radius 1 is 1.32 bits per heavy atom. The van der Waals surface area contributed by atoms with Crippen molar-refractivity contribution >= 4 is 23.2 Å². The maximum absolute atomic E-state index is 11.8. The van der Waals surface area contributed by atoms with Crippen LogP contribution in [0.25, 0.3) is 0 Å². The highest BCUT2D eigenvalue weighted by Gasteiger charge is 2.13. The van der Waals surface area contributed by atoms with E-state index in [1.165, 1.54) is 6.92 Å². The van der Waals surface area contributed by atoms with Crippen molar-refractivity contribution in [3.63, 3.8) is 0 Å². The third-order valence-electron chi connectivity index (χ3n) is 2.42. The Balaban J connectivity index is 2.61. The molecule has 19 heavy (non-hydrogen) atoms. The van der Waals surface area contributed by atoms with E-state index in [9.17, 15) is 9.59 Å². The Hall–Kier alpha value is -1.92. The van der Waals surface area contributed by atoms with Gasteiger partial charge in [0.2, 0.25) is 11.8 Å². The molecule has 1 aromatic carbocycles. The van der Waals surface area contributed by atoms with Crippen LogP contribution < -0.4 is 16.4 Å². The van der Waals surface area contributed by atoms with Gasteiger partial charge in [0.15, 0.2) is 0 Å². The van der Waals surface area contributed by atoms with Gasteiger partial charge in [0.05, 0.1) is 6.04 Å². The van der Waals surface area contributed by atoms with Gasteiger partial charge in [-0.05, 0) is 24.6 Å². The second-order valence-corrected chi connectivity index (χ2v) is 4.14. The highest BCUT2D eigenvalue weighted by molar-refractivity contribution is 5.96. The Labute approximate surface area is 112 Å². The summed E-state index contributed by atoms with van der Waals surface area (Å²) in [6, 6.07) is 6.25. The highest BCUT2D eigenvalue weighted by atomic mass is 16.5. The third-order valence-corrected chi connectivity index (χ3v) is 2.42. The van der Waals surface area contributed by atoms with Gasteiger partial charge in [-0.25, -0.2) is 0 Å². The lowest BCUT2D eigenvalue weighted by atomic mass is 10.2. The minimum absolute atomic E-state index is 0.166. The van der Waals surface area contributed by atoms with E-state index in [0.29, 0.717) is 24.4 Å². The number of benzene rings is 1. The summed E-state index contributed by atoms with van der Waals surface area (Å²) in [5.74, 6) is -0.447. The average molecular weight is 265 g/mol. The molecule has 0 aliphatic carbocycles. The summed E-state index contributed by atoms with van der Waals surface area (Å²) in [5.41, 5.74) is 6.92. The van der Waals surface area contributed by atoms with Crippen LogP contribution in [0.2, 0.25) is 0 Å². The zero-order valence-corrected chi connectivity index (χ0v) is 11.1. The van der Waals surface area contributed by atoms with Crippen molar-refractivity contribution in [2.24, 2.45) is 5.73 Å². The van der Waals surface area contributed by atoms with Crippen molar-refractivity contribution < 1.29 is 14.3 Å². The van der Waals surface area contributed by atoms with Gasteiger partial charge in [-0.1, -0.05) is 6.07 Å². The Morgan fingerprint density at radius 2 is 1.95 bits per heavy atom. The van der Waals surface area contributed by atoms with Crippen LogP contribution in [0.15, 0.2) is 24.3 Å². The van der Waals surface area contributed by atoms with Crippen molar-refractivity contribution in [2.75, 3.05) is 24.4 Å². The van der Waals surface area contributed by atoms with E-state index < -0.39 is 6.04 Å². The molecular formula is C13H19N3O3. The average Bonchev–Trinajstić information content (AvgIpc) is 2.35. The van der Waals surface area contributed by atoms with Crippen molar-refractivity contribution in [3.8, 4) is 0 Å². The Morgan fingerprint density at radius 3 is 2.53 bits per heavy atom. The highest BCUT2D eigenvalue weighted by Crippen LogP contribution is 2.15. The van der Waals surface area contributed by atoms with Gasteiger partial charge in [-0.15, -0.1) is 0 Å². The first kappa shape index (κ1) is 15.1. The van der Waals surface area contributed by atoms with Crippen LogP contribution in [0, 0.1) is 0 Å². The van der Waals surface area contributed by atoms with Gasteiger partial charge < -0.3 is 21.1 Å². The molecule has 0 heterocycles. The molecule has 104 valence electrons. The normalized spacial score (nSPS) is 11.7. The number of nitrogens with two attached hydrogens (primary N) is 1. The summed E-state index contributed by atoms with van der Waals surface area (Å²) in [6.07, 6.45) is 0.452. The molecule has 6 nitrogen and oxygen atoms in total. The second-order valence-electron chi connectivity index (χ2n) is 4.14. The van der Waals surface area contributed by atoms with Crippen molar-refractivity contribution in [1.29, 1.82) is 0 Å². The van der Waals surface area contributed by atoms with Gasteiger partial charge in [0.25, 0.3) is 0 Å². The van der Waals surface area contributed by atoms with E-state index in [2.05, 4.69) is 10.6 Å². The lowest BCUT2D eigenvalue weighted by Crippen LogP contribution is -2.36. The first-order chi connectivity index (χ1) is 9.02. The summed E-state index contributed by atoms with van der Waals surface area (Å²) in [5, 5.41) is 5.33. The van der Waals surface area contributed by atoms with Crippen molar-refractivity contribution in [2.45, 2.75) is 19.4 Å². The predicted octanol–water partition coefficient (Wildman–Crippen LogP) is 0.947. The van der Waals surface area contributed by atoms with Gasteiger partial charge in [0, 0.05) is 32.0 Å². The molecule has 0 radical (unpaired) electrons. The number of anilines is 2. The van der Waals surface area contributed by atoms with Crippen LogP contribution >= 0.6 is 0 Å². The number of nitrogens with one attached hydrogen (secondary N) is 2. The quantitative estimate of drug-likeness (QED) is 0.713. The maximum Gasteiger partial charge on any atom is 0.241 e. The second kappa shape index (κ2) is 7.50. The molecule has 1 rings (SSSR count). The molecule has 0 aromatic heterocycles. The van der Waals surface area contributed by atoms with E-state index in [0.717, 1.165) is 0 Å². The standard InChI is InChI=1S/C13H19N3O3/c1-9(17)15-10-4-3-5-11(8-10)16-13(18)12(14)6-7-19-2/h3-5,8,12H,6-7,14H2,1-2H3,(H,15,17)(H,16,18). The van der Waals surface area contributed by atoms with Gasteiger partial charge >= 0.3 is 0 Å². The van der Waals surface area contributed by atoms with Crippen LogP contribution in [0.4, 0.5) is 11.4 Å². The summed E-state index contributed by atoms with van der Waals surface area (Å²) >= 11 is 0. The zero-order valence-electron chi connectivity index (χ0n) is 11.1.